The van der Waals surface area contributed by atoms with Crippen LogP contribution in [0, 0.1) is 0 Å². The molecule has 2 heterocycles. The summed E-state index contributed by atoms with van der Waals surface area (Å²) in [5, 5.41) is 0. The lowest BCUT2D eigenvalue weighted by Gasteiger charge is -1.73. The molecule has 2 aliphatic heterocycles. The molecule has 0 aromatic rings. The van der Waals surface area contributed by atoms with Crippen molar-refractivity contribution in [2.24, 2.45) is 4.99 Å². The first-order valence-corrected chi connectivity index (χ1v) is 2.12. The predicted octanol–water partition coefficient (Wildman–Crippen LogP) is -0.162. The molecule has 0 saturated carbocycles. The van der Waals surface area contributed by atoms with Crippen molar-refractivity contribution in [1.82, 2.24) is 0 Å². The monoisotopic (exact) mass is 83.0 g/mol. The Morgan fingerprint density at radius 3 is 3.00 bits per heavy atom. The summed E-state index contributed by atoms with van der Waals surface area (Å²) in [4.78, 5) is 3.96. The Morgan fingerprint density at radius 2 is 2.83 bits per heavy atom. The van der Waals surface area contributed by atoms with Gasteiger partial charge in [0.15, 0.2) is 0 Å². The van der Waals surface area contributed by atoms with Gasteiger partial charge in [-0.05, 0) is 0 Å². The third kappa shape index (κ3) is 0.186. The van der Waals surface area contributed by atoms with E-state index in [2.05, 4.69) is 4.99 Å². The highest BCUT2D eigenvalue weighted by molar-refractivity contribution is 5.69. The van der Waals surface area contributed by atoms with E-state index in [4.69, 9.17) is 4.74 Å². The van der Waals surface area contributed by atoms with Gasteiger partial charge >= 0.3 is 0 Å². The van der Waals surface area contributed by atoms with E-state index in [0.717, 1.165) is 6.54 Å². The van der Waals surface area contributed by atoms with Gasteiger partial charge in [-0.15, -0.1) is 0 Å². The van der Waals surface area contributed by atoms with Gasteiger partial charge in [0.25, 0.3) is 0 Å². The van der Waals surface area contributed by atoms with E-state index in [0.29, 0.717) is 12.2 Å². The second-order valence-corrected chi connectivity index (χ2v) is 1.65. The zero-order valence-electron chi connectivity index (χ0n) is 3.29. The molecule has 32 valence electrons. The quantitative estimate of drug-likeness (QED) is 0.373. The first-order valence-electron chi connectivity index (χ1n) is 2.12. The molecule has 0 spiro atoms. The number of epoxide rings is 1. The van der Waals surface area contributed by atoms with Crippen molar-refractivity contribution in [2.75, 3.05) is 6.54 Å². The summed E-state index contributed by atoms with van der Waals surface area (Å²) >= 11 is 0. The first kappa shape index (κ1) is 2.75. The lowest BCUT2D eigenvalue weighted by molar-refractivity contribution is 0.392. The Balaban J connectivity index is 2.26. The van der Waals surface area contributed by atoms with Crippen molar-refractivity contribution in [3.63, 3.8) is 0 Å². The molecular formula is C4H5NO. The van der Waals surface area contributed by atoms with Crippen LogP contribution in [0.2, 0.25) is 0 Å². The summed E-state index contributed by atoms with van der Waals surface area (Å²) in [6.45, 7) is 0.907. The van der Waals surface area contributed by atoms with Crippen molar-refractivity contribution >= 4 is 6.21 Å². The SMILES string of the molecule is C1=NCC2OC12. The fourth-order valence-corrected chi connectivity index (χ4v) is 0.703. The molecule has 0 aromatic carbocycles. The highest BCUT2D eigenvalue weighted by Gasteiger charge is 2.40. The average Bonchev–Trinajstić information content (AvgIpc) is 2.17. The van der Waals surface area contributed by atoms with Crippen LogP contribution < -0.4 is 0 Å². The number of ether oxygens (including phenoxy) is 1. The van der Waals surface area contributed by atoms with Crippen molar-refractivity contribution < 1.29 is 4.74 Å². The largest absolute Gasteiger partial charge is 0.361 e. The summed E-state index contributed by atoms with van der Waals surface area (Å²) in [6.07, 6.45) is 2.79. The Bertz CT molecular complexity index is 99.7. The van der Waals surface area contributed by atoms with E-state index < -0.39 is 0 Å². The number of fused-ring (bicyclic) bond motifs is 1. The second-order valence-electron chi connectivity index (χ2n) is 1.65. The topological polar surface area (TPSA) is 24.9 Å². The molecule has 2 unspecified atom stereocenters. The smallest absolute Gasteiger partial charge is 0.121 e. The van der Waals surface area contributed by atoms with Crippen LogP contribution in [0.4, 0.5) is 0 Å². The maximum atomic E-state index is 5.00. The van der Waals surface area contributed by atoms with Crippen LogP contribution in [0.1, 0.15) is 0 Å². The summed E-state index contributed by atoms with van der Waals surface area (Å²) in [7, 11) is 0. The van der Waals surface area contributed by atoms with Gasteiger partial charge in [-0.3, -0.25) is 4.99 Å². The van der Waals surface area contributed by atoms with Crippen molar-refractivity contribution in [2.45, 2.75) is 12.2 Å². The molecule has 2 atom stereocenters. The van der Waals surface area contributed by atoms with Crippen LogP contribution in [-0.4, -0.2) is 25.0 Å². The second kappa shape index (κ2) is 0.658. The third-order valence-corrected chi connectivity index (χ3v) is 1.16. The van der Waals surface area contributed by atoms with Crippen LogP contribution in [-0.2, 0) is 4.74 Å². The predicted molar refractivity (Wildman–Crippen MR) is 22.0 cm³/mol. The molecule has 1 saturated heterocycles. The standard InChI is InChI=1S/C4H5NO/c1-3-4(6-3)2-5-1/h1,3-4H,2H2. The third-order valence-electron chi connectivity index (χ3n) is 1.16. The molecule has 2 heteroatoms. The van der Waals surface area contributed by atoms with Crippen molar-refractivity contribution in [1.29, 1.82) is 0 Å². The number of aliphatic imine (C=N–C) groups is 1. The van der Waals surface area contributed by atoms with Gasteiger partial charge < -0.3 is 4.74 Å². The van der Waals surface area contributed by atoms with Gasteiger partial charge in [-0.25, -0.2) is 0 Å². The molecule has 0 aliphatic carbocycles. The molecule has 2 rings (SSSR count). The van der Waals surface area contributed by atoms with Crippen molar-refractivity contribution in [3.05, 3.63) is 0 Å². The van der Waals surface area contributed by atoms with E-state index in [1.165, 1.54) is 0 Å². The van der Waals surface area contributed by atoms with Crippen LogP contribution in [0.3, 0.4) is 0 Å². The highest BCUT2D eigenvalue weighted by atomic mass is 16.6. The summed E-state index contributed by atoms with van der Waals surface area (Å²) in [5.74, 6) is 0. The van der Waals surface area contributed by atoms with E-state index in [1.807, 2.05) is 6.21 Å². The molecule has 2 nitrogen and oxygen atoms in total. The Morgan fingerprint density at radius 1 is 1.83 bits per heavy atom. The van der Waals surface area contributed by atoms with Crippen LogP contribution >= 0.6 is 0 Å². The van der Waals surface area contributed by atoms with E-state index in [1.54, 1.807) is 0 Å². The molecule has 0 bridgehead atoms. The molecular weight excluding hydrogens is 78.0 g/mol. The molecule has 0 amide bonds. The lowest BCUT2D eigenvalue weighted by atomic mass is 10.4. The Hall–Kier alpha value is -0.370. The minimum Gasteiger partial charge on any atom is -0.361 e. The number of hydrogen-bond acceptors (Lipinski definition) is 2. The Labute approximate surface area is 35.8 Å². The molecule has 0 aromatic heterocycles. The molecule has 0 N–H and O–H groups in total. The van der Waals surface area contributed by atoms with Gasteiger partial charge in [0.1, 0.15) is 12.2 Å². The van der Waals surface area contributed by atoms with Gasteiger partial charge in [0.05, 0.1) is 6.54 Å². The van der Waals surface area contributed by atoms with Crippen LogP contribution in [0.5, 0.6) is 0 Å². The van der Waals surface area contributed by atoms with E-state index >= 15 is 0 Å². The van der Waals surface area contributed by atoms with Crippen LogP contribution in [0.15, 0.2) is 4.99 Å². The number of hydrogen-bond donors (Lipinski definition) is 0. The van der Waals surface area contributed by atoms with Crippen molar-refractivity contribution in [3.8, 4) is 0 Å². The average molecular weight is 83.1 g/mol. The first-order chi connectivity index (χ1) is 2.97. The summed E-state index contributed by atoms with van der Waals surface area (Å²) in [6, 6.07) is 0. The fourth-order valence-electron chi connectivity index (χ4n) is 0.703. The molecule has 1 fully saturated rings. The minimum atomic E-state index is 0.421. The van der Waals surface area contributed by atoms with E-state index in [-0.39, 0.29) is 0 Å². The van der Waals surface area contributed by atoms with E-state index in [9.17, 15) is 0 Å². The zero-order valence-corrected chi connectivity index (χ0v) is 3.29. The highest BCUT2D eigenvalue weighted by Crippen LogP contribution is 2.24. The molecule has 0 radical (unpaired) electrons. The van der Waals surface area contributed by atoms with Gasteiger partial charge in [-0.1, -0.05) is 0 Å². The van der Waals surface area contributed by atoms with Gasteiger partial charge in [-0.2, -0.15) is 0 Å². The number of rotatable bonds is 0. The lowest BCUT2D eigenvalue weighted by Crippen LogP contribution is -1.85. The minimum absolute atomic E-state index is 0.421. The Kier molecular flexibility index (Phi) is 0.301. The maximum Gasteiger partial charge on any atom is 0.121 e. The molecule has 2 aliphatic rings. The number of nitrogens with zero attached hydrogens (tertiary/aromatic N) is 1. The zero-order chi connectivity index (χ0) is 3.98. The fraction of sp³-hybridized carbons (Fsp3) is 0.750. The normalized spacial score (nSPS) is 49.3. The summed E-state index contributed by atoms with van der Waals surface area (Å²) in [5.41, 5.74) is 0. The maximum absolute atomic E-state index is 5.00. The van der Waals surface area contributed by atoms with Gasteiger partial charge in [0, 0.05) is 6.21 Å². The summed E-state index contributed by atoms with van der Waals surface area (Å²) < 4.78 is 5.00. The van der Waals surface area contributed by atoms with Gasteiger partial charge in [0.2, 0.25) is 0 Å². The van der Waals surface area contributed by atoms with Crippen LogP contribution in [0.25, 0.3) is 0 Å². The molecule has 6 heavy (non-hydrogen) atoms.